The molecule has 1 N–H and O–H groups in total. The molecule has 1 amide bonds. The van der Waals surface area contributed by atoms with Crippen LogP contribution in [-0.2, 0) is 9.53 Å². The molecule has 0 bridgehead atoms. The number of carboxylic acids is 1. The summed E-state index contributed by atoms with van der Waals surface area (Å²) in [5.41, 5.74) is 0. The second kappa shape index (κ2) is 5.70. The van der Waals surface area contributed by atoms with Crippen molar-refractivity contribution < 1.29 is 19.4 Å². The number of ether oxygens (including phenoxy) is 1. The number of nitrogens with zero attached hydrogens (tertiary/aromatic N) is 1. The molecule has 96 valence electrons. The summed E-state index contributed by atoms with van der Waals surface area (Å²) in [5.74, 6) is -0.673. The number of carboxylic acid groups (broad SMARTS) is 1. The third-order valence-electron chi connectivity index (χ3n) is 3.00. The van der Waals surface area contributed by atoms with Gasteiger partial charge in [-0.1, -0.05) is 19.6 Å². The lowest BCUT2D eigenvalue weighted by Crippen LogP contribution is -2.54. The number of carbonyl (C=O) groups is 2. The number of amides is 1. The Hall–Kier alpha value is -1.52. The molecule has 0 aliphatic carbocycles. The predicted molar refractivity (Wildman–Crippen MR) is 62.7 cm³/mol. The van der Waals surface area contributed by atoms with Gasteiger partial charge in [0.25, 0.3) is 0 Å². The van der Waals surface area contributed by atoms with Crippen molar-refractivity contribution >= 4 is 12.1 Å². The normalized spacial score (nSPS) is 28.6. The molecule has 1 fully saturated rings. The maximum atomic E-state index is 11.8. The van der Waals surface area contributed by atoms with E-state index in [-0.39, 0.29) is 12.6 Å². The molecule has 0 aromatic heterocycles. The van der Waals surface area contributed by atoms with Gasteiger partial charge in [-0.2, -0.15) is 0 Å². The van der Waals surface area contributed by atoms with E-state index >= 15 is 0 Å². The van der Waals surface area contributed by atoms with E-state index in [1.165, 1.54) is 11.0 Å². The van der Waals surface area contributed by atoms with Crippen molar-refractivity contribution in [2.45, 2.75) is 38.8 Å². The number of hydrogen-bond donors (Lipinski definition) is 1. The molecule has 0 spiro atoms. The van der Waals surface area contributed by atoms with Gasteiger partial charge in [0.15, 0.2) is 0 Å². The van der Waals surface area contributed by atoms with Gasteiger partial charge >= 0.3 is 12.1 Å². The smallest absolute Gasteiger partial charge is 0.411 e. The number of hydrogen-bond acceptors (Lipinski definition) is 3. The van der Waals surface area contributed by atoms with Crippen molar-refractivity contribution in [2.75, 3.05) is 6.61 Å². The summed E-state index contributed by atoms with van der Waals surface area (Å²) >= 11 is 0. The molecule has 17 heavy (non-hydrogen) atoms. The second-order valence-electron chi connectivity index (χ2n) is 4.55. The molecular formula is C12H19NO4. The molecule has 0 aromatic rings. The fourth-order valence-corrected chi connectivity index (χ4v) is 2.33. The largest absolute Gasteiger partial charge is 0.480 e. The first kappa shape index (κ1) is 13.5. The molecule has 0 radical (unpaired) electrons. The molecule has 0 saturated carbocycles. The molecule has 5 nitrogen and oxygen atoms in total. The van der Waals surface area contributed by atoms with Gasteiger partial charge < -0.3 is 9.84 Å². The Labute approximate surface area is 101 Å². The van der Waals surface area contributed by atoms with Crippen LogP contribution in [0.25, 0.3) is 0 Å². The van der Waals surface area contributed by atoms with Crippen LogP contribution in [0.3, 0.4) is 0 Å². The molecule has 1 rings (SSSR count). The van der Waals surface area contributed by atoms with Gasteiger partial charge in [0.2, 0.25) is 0 Å². The number of aliphatic carboxylic acids is 1. The monoisotopic (exact) mass is 241 g/mol. The highest BCUT2D eigenvalue weighted by molar-refractivity contribution is 5.80. The van der Waals surface area contributed by atoms with Crippen molar-refractivity contribution in [3.05, 3.63) is 12.7 Å². The number of piperidine rings is 1. The Balaban J connectivity index is 2.79. The molecular weight excluding hydrogens is 222 g/mol. The topological polar surface area (TPSA) is 66.8 Å². The number of rotatable bonds is 3. The molecule has 3 atom stereocenters. The molecule has 1 heterocycles. The lowest BCUT2D eigenvalue weighted by atomic mass is 9.88. The highest BCUT2D eigenvalue weighted by Gasteiger charge is 2.39. The van der Waals surface area contributed by atoms with Crippen LogP contribution >= 0.6 is 0 Å². The Morgan fingerprint density at radius 3 is 2.65 bits per heavy atom. The van der Waals surface area contributed by atoms with Gasteiger partial charge in [-0.05, 0) is 25.7 Å². The minimum atomic E-state index is -0.973. The van der Waals surface area contributed by atoms with E-state index in [9.17, 15) is 9.59 Å². The van der Waals surface area contributed by atoms with E-state index in [2.05, 4.69) is 6.58 Å². The summed E-state index contributed by atoms with van der Waals surface area (Å²) in [6, 6.07) is -0.900. The van der Waals surface area contributed by atoms with Crippen LogP contribution in [0.1, 0.15) is 26.7 Å². The Bertz CT molecular complexity index is 316. The van der Waals surface area contributed by atoms with Crippen LogP contribution in [0.2, 0.25) is 0 Å². The van der Waals surface area contributed by atoms with Gasteiger partial charge in [0, 0.05) is 6.04 Å². The molecule has 1 aliphatic rings. The van der Waals surface area contributed by atoms with E-state index in [0.29, 0.717) is 12.3 Å². The van der Waals surface area contributed by atoms with Crippen molar-refractivity contribution in [3.63, 3.8) is 0 Å². The highest BCUT2D eigenvalue weighted by atomic mass is 16.6. The lowest BCUT2D eigenvalue weighted by Gasteiger charge is -2.40. The SMILES string of the molecule is C=CCOC(=O)N1[C@H](C)C[C@H](C)C[C@@H]1C(=O)O. The minimum Gasteiger partial charge on any atom is -0.480 e. The van der Waals surface area contributed by atoms with E-state index in [4.69, 9.17) is 9.84 Å². The predicted octanol–water partition coefficient (Wildman–Crippen LogP) is 1.88. The molecule has 5 heteroatoms. The van der Waals surface area contributed by atoms with Gasteiger partial charge in [-0.15, -0.1) is 0 Å². The third kappa shape index (κ3) is 3.22. The van der Waals surface area contributed by atoms with Gasteiger partial charge in [0.1, 0.15) is 12.6 Å². The van der Waals surface area contributed by atoms with E-state index in [0.717, 1.165) is 6.42 Å². The third-order valence-corrected chi connectivity index (χ3v) is 3.00. The van der Waals surface area contributed by atoms with Crippen LogP contribution in [0.4, 0.5) is 4.79 Å². The van der Waals surface area contributed by atoms with Crippen molar-refractivity contribution in [1.29, 1.82) is 0 Å². The molecule has 1 saturated heterocycles. The van der Waals surface area contributed by atoms with Crippen LogP contribution in [0.15, 0.2) is 12.7 Å². The number of carbonyl (C=O) groups excluding carboxylic acids is 1. The zero-order valence-electron chi connectivity index (χ0n) is 10.3. The van der Waals surface area contributed by atoms with Gasteiger partial charge in [0.05, 0.1) is 0 Å². The number of likely N-dealkylation sites (tertiary alicyclic amines) is 1. The molecule has 0 aromatic carbocycles. The van der Waals surface area contributed by atoms with Crippen molar-refractivity contribution in [3.8, 4) is 0 Å². The van der Waals surface area contributed by atoms with Gasteiger partial charge in [-0.3, -0.25) is 4.90 Å². The van der Waals surface area contributed by atoms with E-state index in [1.807, 2.05) is 13.8 Å². The molecule has 1 aliphatic heterocycles. The van der Waals surface area contributed by atoms with Crippen LogP contribution in [-0.4, -0.2) is 40.8 Å². The maximum absolute atomic E-state index is 11.8. The summed E-state index contributed by atoms with van der Waals surface area (Å²) in [7, 11) is 0. The fourth-order valence-electron chi connectivity index (χ4n) is 2.33. The van der Waals surface area contributed by atoms with Crippen molar-refractivity contribution in [2.24, 2.45) is 5.92 Å². The summed E-state index contributed by atoms with van der Waals surface area (Å²) in [6.07, 6.45) is 2.16. The minimum absolute atomic E-state index is 0.101. The van der Waals surface area contributed by atoms with Gasteiger partial charge in [-0.25, -0.2) is 9.59 Å². The Kier molecular flexibility index (Phi) is 4.54. The first-order chi connectivity index (χ1) is 7.97. The Morgan fingerprint density at radius 1 is 1.47 bits per heavy atom. The average molecular weight is 241 g/mol. The van der Waals surface area contributed by atoms with Crippen LogP contribution in [0, 0.1) is 5.92 Å². The van der Waals surface area contributed by atoms with E-state index in [1.54, 1.807) is 0 Å². The quantitative estimate of drug-likeness (QED) is 0.766. The Morgan fingerprint density at radius 2 is 2.12 bits per heavy atom. The lowest BCUT2D eigenvalue weighted by molar-refractivity contribution is -0.145. The van der Waals surface area contributed by atoms with Crippen LogP contribution < -0.4 is 0 Å². The second-order valence-corrected chi connectivity index (χ2v) is 4.55. The zero-order chi connectivity index (χ0) is 13.0. The standard InChI is InChI=1S/C12H19NO4/c1-4-5-17-12(16)13-9(3)6-8(2)7-10(13)11(14)15/h4,8-10H,1,5-7H2,2-3H3,(H,14,15)/t8-,9+,10+/m0/s1. The highest BCUT2D eigenvalue weighted by Crippen LogP contribution is 2.28. The van der Waals surface area contributed by atoms with Crippen molar-refractivity contribution in [1.82, 2.24) is 4.90 Å². The summed E-state index contributed by atoms with van der Waals surface area (Å²) < 4.78 is 4.92. The summed E-state index contributed by atoms with van der Waals surface area (Å²) in [6.45, 7) is 7.40. The summed E-state index contributed by atoms with van der Waals surface area (Å²) in [5, 5.41) is 9.15. The first-order valence-electron chi connectivity index (χ1n) is 5.76. The fraction of sp³-hybridized carbons (Fsp3) is 0.667. The summed E-state index contributed by atoms with van der Waals surface area (Å²) in [4.78, 5) is 24.3. The maximum Gasteiger partial charge on any atom is 0.411 e. The molecule has 0 unspecified atom stereocenters. The van der Waals surface area contributed by atoms with E-state index < -0.39 is 18.1 Å². The first-order valence-corrected chi connectivity index (χ1v) is 5.76. The van der Waals surface area contributed by atoms with Crippen LogP contribution in [0.5, 0.6) is 0 Å². The average Bonchev–Trinajstić information content (AvgIpc) is 2.24. The zero-order valence-corrected chi connectivity index (χ0v) is 10.3.